The number of amides is 2. The van der Waals surface area contributed by atoms with Crippen LogP contribution in [-0.2, 0) is 4.79 Å². The van der Waals surface area contributed by atoms with Gasteiger partial charge in [0.05, 0.1) is 6.54 Å². The van der Waals surface area contributed by atoms with Crippen molar-refractivity contribution >= 4 is 22.7 Å². The third-order valence-electron chi connectivity index (χ3n) is 6.03. The Hall–Kier alpha value is -2.34. The molecule has 2 aromatic rings. The molecular weight excluding hydrogens is 340 g/mol. The molecule has 1 aromatic carbocycles. The Kier molecular flexibility index (Phi) is 4.91. The molecule has 0 bridgehead atoms. The quantitative estimate of drug-likeness (QED) is 0.903. The van der Waals surface area contributed by atoms with Gasteiger partial charge in [0.15, 0.2) is 0 Å². The molecule has 1 N–H and O–H groups in total. The van der Waals surface area contributed by atoms with E-state index in [2.05, 4.69) is 23.7 Å². The number of aromatic amines is 1. The number of aryl methyl sites for hydroxylation is 2. The Morgan fingerprint density at radius 1 is 0.963 bits per heavy atom. The molecular formula is C21H28N4O2. The SMILES string of the molecule is Cc1[nH]c2ccc(C(=O)N3CCN(CC(=O)N4CCCC4)CC3)cc2c1C. The third-order valence-corrected chi connectivity index (χ3v) is 6.03. The van der Waals surface area contributed by atoms with E-state index in [0.717, 1.165) is 61.2 Å². The number of likely N-dealkylation sites (tertiary alicyclic amines) is 1. The molecule has 2 saturated heterocycles. The molecule has 0 atom stereocenters. The zero-order valence-electron chi connectivity index (χ0n) is 16.3. The minimum atomic E-state index is 0.0840. The lowest BCUT2D eigenvalue weighted by molar-refractivity contribution is -0.131. The monoisotopic (exact) mass is 368 g/mol. The number of carbonyl (C=O) groups excluding carboxylic acids is 2. The van der Waals surface area contributed by atoms with Crippen LogP contribution in [0.25, 0.3) is 10.9 Å². The first kappa shape index (κ1) is 18.0. The number of nitrogens with zero attached hydrogens (tertiary/aromatic N) is 3. The summed E-state index contributed by atoms with van der Waals surface area (Å²) in [6, 6.07) is 5.90. The van der Waals surface area contributed by atoms with Crippen LogP contribution in [0.5, 0.6) is 0 Å². The molecule has 0 saturated carbocycles. The number of rotatable bonds is 3. The van der Waals surface area contributed by atoms with E-state index in [9.17, 15) is 9.59 Å². The van der Waals surface area contributed by atoms with Crippen molar-refractivity contribution in [3.8, 4) is 0 Å². The molecule has 2 aliphatic rings. The highest BCUT2D eigenvalue weighted by molar-refractivity contribution is 5.99. The van der Waals surface area contributed by atoms with Gasteiger partial charge in [-0.2, -0.15) is 0 Å². The van der Waals surface area contributed by atoms with E-state index < -0.39 is 0 Å². The number of carbonyl (C=O) groups is 2. The normalized spacial score (nSPS) is 18.4. The van der Waals surface area contributed by atoms with E-state index >= 15 is 0 Å². The van der Waals surface area contributed by atoms with E-state index in [1.165, 1.54) is 5.56 Å². The molecule has 1 aromatic heterocycles. The fourth-order valence-electron chi connectivity index (χ4n) is 4.14. The van der Waals surface area contributed by atoms with E-state index in [4.69, 9.17) is 0 Å². The molecule has 2 aliphatic heterocycles. The number of hydrogen-bond donors (Lipinski definition) is 1. The predicted molar refractivity (Wildman–Crippen MR) is 106 cm³/mol. The van der Waals surface area contributed by atoms with Crippen LogP contribution in [0, 0.1) is 13.8 Å². The van der Waals surface area contributed by atoms with Gasteiger partial charge < -0.3 is 14.8 Å². The van der Waals surface area contributed by atoms with Crippen LogP contribution in [0.2, 0.25) is 0 Å². The van der Waals surface area contributed by atoms with Crippen molar-refractivity contribution in [3.05, 3.63) is 35.0 Å². The zero-order valence-corrected chi connectivity index (χ0v) is 16.3. The second-order valence-electron chi connectivity index (χ2n) is 7.79. The van der Waals surface area contributed by atoms with Crippen LogP contribution in [0.15, 0.2) is 18.2 Å². The standard InChI is InChI=1S/C21H28N4O2/c1-15-16(2)22-19-6-5-17(13-18(15)19)21(27)25-11-9-23(10-12-25)14-20(26)24-7-3-4-8-24/h5-6,13,22H,3-4,7-12,14H2,1-2H3. The summed E-state index contributed by atoms with van der Waals surface area (Å²) >= 11 is 0. The van der Waals surface area contributed by atoms with Crippen LogP contribution in [-0.4, -0.2) is 77.3 Å². The molecule has 144 valence electrons. The minimum absolute atomic E-state index is 0.0840. The van der Waals surface area contributed by atoms with Crippen molar-refractivity contribution in [1.29, 1.82) is 0 Å². The first-order valence-corrected chi connectivity index (χ1v) is 9.91. The van der Waals surface area contributed by atoms with Gasteiger partial charge in [-0.15, -0.1) is 0 Å². The van der Waals surface area contributed by atoms with Gasteiger partial charge >= 0.3 is 0 Å². The average Bonchev–Trinajstić information content (AvgIpc) is 3.31. The Morgan fingerprint density at radius 3 is 2.37 bits per heavy atom. The fraction of sp³-hybridized carbons (Fsp3) is 0.524. The lowest BCUT2D eigenvalue weighted by atomic mass is 10.1. The topological polar surface area (TPSA) is 59.7 Å². The second-order valence-corrected chi connectivity index (χ2v) is 7.79. The van der Waals surface area contributed by atoms with Crippen molar-refractivity contribution in [1.82, 2.24) is 19.7 Å². The first-order chi connectivity index (χ1) is 13.0. The molecule has 27 heavy (non-hydrogen) atoms. The van der Waals surface area contributed by atoms with Gasteiger partial charge in [-0.3, -0.25) is 14.5 Å². The Balaban J connectivity index is 1.37. The highest BCUT2D eigenvalue weighted by atomic mass is 16.2. The second kappa shape index (κ2) is 7.35. The summed E-state index contributed by atoms with van der Waals surface area (Å²) in [5.41, 5.74) is 4.16. The van der Waals surface area contributed by atoms with Gasteiger partial charge in [0.2, 0.25) is 5.91 Å². The van der Waals surface area contributed by atoms with Crippen molar-refractivity contribution in [2.75, 3.05) is 45.8 Å². The average molecular weight is 368 g/mol. The summed E-state index contributed by atoms with van der Waals surface area (Å²) in [5, 5.41) is 1.12. The maximum absolute atomic E-state index is 12.9. The molecule has 6 heteroatoms. The molecule has 2 fully saturated rings. The third kappa shape index (κ3) is 3.58. The Bertz CT molecular complexity index is 858. The van der Waals surface area contributed by atoms with E-state index in [1.54, 1.807) is 0 Å². The maximum Gasteiger partial charge on any atom is 0.253 e. The van der Waals surface area contributed by atoms with E-state index in [1.807, 2.05) is 28.0 Å². The summed E-state index contributed by atoms with van der Waals surface area (Å²) in [6.07, 6.45) is 2.25. The maximum atomic E-state index is 12.9. The molecule has 2 amide bonds. The van der Waals surface area contributed by atoms with Crippen molar-refractivity contribution in [3.63, 3.8) is 0 Å². The molecule has 0 radical (unpaired) electrons. The fourth-order valence-corrected chi connectivity index (χ4v) is 4.14. The summed E-state index contributed by atoms with van der Waals surface area (Å²) in [6.45, 7) is 9.29. The van der Waals surface area contributed by atoms with Gasteiger partial charge in [0, 0.05) is 61.4 Å². The highest BCUT2D eigenvalue weighted by Gasteiger charge is 2.26. The highest BCUT2D eigenvalue weighted by Crippen LogP contribution is 2.23. The summed E-state index contributed by atoms with van der Waals surface area (Å²) < 4.78 is 0. The number of piperazine rings is 1. The van der Waals surface area contributed by atoms with Gasteiger partial charge in [-0.05, 0) is 50.5 Å². The van der Waals surface area contributed by atoms with Gasteiger partial charge in [0.25, 0.3) is 5.91 Å². The zero-order chi connectivity index (χ0) is 19.0. The smallest absolute Gasteiger partial charge is 0.253 e. The first-order valence-electron chi connectivity index (χ1n) is 9.91. The lowest BCUT2D eigenvalue weighted by Crippen LogP contribution is -2.51. The summed E-state index contributed by atoms with van der Waals surface area (Å²) in [4.78, 5) is 34.6. The molecule has 4 rings (SSSR count). The molecule has 0 spiro atoms. The number of H-pyrrole nitrogens is 1. The van der Waals surface area contributed by atoms with Gasteiger partial charge in [-0.1, -0.05) is 0 Å². The van der Waals surface area contributed by atoms with E-state index in [0.29, 0.717) is 19.6 Å². The predicted octanol–water partition coefficient (Wildman–Crippen LogP) is 2.16. The van der Waals surface area contributed by atoms with Crippen molar-refractivity contribution in [2.45, 2.75) is 26.7 Å². The minimum Gasteiger partial charge on any atom is -0.358 e. The largest absolute Gasteiger partial charge is 0.358 e. The van der Waals surface area contributed by atoms with Crippen LogP contribution in [0.3, 0.4) is 0 Å². The van der Waals surface area contributed by atoms with Crippen LogP contribution in [0.4, 0.5) is 0 Å². The number of hydrogen-bond acceptors (Lipinski definition) is 3. The van der Waals surface area contributed by atoms with Gasteiger partial charge in [0.1, 0.15) is 0 Å². The Morgan fingerprint density at radius 2 is 1.67 bits per heavy atom. The molecule has 0 aliphatic carbocycles. The Labute approximate surface area is 160 Å². The number of nitrogens with one attached hydrogen (secondary N) is 1. The van der Waals surface area contributed by atoms with Crippen molar-refractivity contribution in [2.24, 2.45) is 0 Å². The van der Waals surface area contributed by atoms with Crippen LogP contribution in [0.1, 0.15) is 34.5 Å². The van der Waals surface area contributed by atoms with E-state index in [-0.39, 0.29) is 11.8 Å². The number of fused-ring (bicyclic) bond motifs is 1. The summed E-state index contributed by atoms with van der Waals surface area (Å²) in [5.74, 6) is 0.316. The van der Waals surface area contributed by atoms with Crippen LogP contribution < -0.4 is 0 Å². The number of benzene rings is 1. The van der Waals surface area contributed by atoms with Crippen molar-refractivity contribution < 1.29 is 9.59 Å². The van der Waals surface area contributed by atoms with Gasteiger partial charge in [-0.25, -0.2) is 0 Å². The van der Waals surface area contributed by atoms with Crippen LogP contribution >= 0.6 is 0 Å². The molecule has 3 heterocycles. The number of aromatic nitrogens is 1. The summed E-state index contributed by atoms with van der Waals surface area (Å²) in [7, 11) is 0. The molecule has 0 unspecified atom stereocenters. The molecule has 6 nitrogen and oxygen atoms in total. The lowest BCUT2D eigenvalue weighted by Gasteiger charge is -2.35.